The highest BCUT2D eigenvalue weighted by molar-refractivity contribution is 8.27. The van der Waals surface area contributed by atoms with Crippen LogP contribution in [0.1, 0.15) is 16.7 Å². The molecule has 0 unspecified atom stereocenters. The highest BCUT2D eigenvalue weighted by atomic mass is 35.5. The Labute approximate surface area is 218 Å². The standard InChI is InChI=1S/C25H16ClF4NO3S2/c1-33-20-9-8-14(10-21(20)34-13-17-18(26)6-3-7-19(17)27)11-22-23(32)31(24(35)36-22)16-5-2-4-15(12-16)25(28,29)30/h2-12H,13H2,1H3/b22-11-. The van der Waals surface area contributed by atoms with Gasteiger partial charge in [-0.3, -0.25) is 9.69 Å². The van der Waals surface area contributed by atoms with Crippen LogP contribution in [0.25, 0.3) is 6.08 Å². The lowest BCUT2D eigenvalue weighted by atomic mass is 10.1. The minimum absolute atomic E-state index is 0.0243. The van der Waals surface area contributed by atoms with Gasteiger partial charge in [0.15, 0.2) is 15.8 Å². The SMILES string of the molecule is COc1ccc(/C=C2\SC(=S)N(c3cccc(C(F)(F)F)c3)C2=O)cc1OCc1c(F)cccc1Cl. The molecule has 0 spiro atoms. The minimum Gasteiger partial charge on any atom is -0.493 e. The van der Waals surface area contributed by atoms with Crippen molar-refractivity contribution in [1.29, 1.82) is 0 Å². The third-order valence-corrected chi connectivity index (χ3v) is 6.80. The smallest absolute Gasteiger partial charge is 0.416 e. The molecule has 0 bridgehead atoms. The summed E-state index contributed by atoms with van der Waals surface area (Å²) in [6, 6.07) is 13.6. The Bertz CT molecular complexity index is 1360. The van der Waals surface area contributed by atoms with Crippen LogP contribution >= 0.6 is 35.6 Å². The van der Waals surface area contributed by atoms with Gasteiger partial charge in [0.25, 0.3) is 5.91 Å². The van der Waals surface area contributed by atoms with Crippen molar-refractivity contribution < 1.29 is 31.8 Å². The number of rotatable bonds is 6. The molecule has 0 N–H and O–H groups in total. The van der Waals surface area contributed by atoms with E-state index in [1.54, 1.807) is 24.3 Å². The van der Waals surface area contributed by atoms with E-state index in [0.29, 0.717) is 11.3 Å². The Kier molecular flexibility index (Phi) is 7.58. The van der Waals surface area contributed by atoms with Crippen LogP contribution in [-0.4, -0.2) is 17.3 Å². The molecule has 11 heteroatoms. The van der Waals surface area contributed by atoms with E-state index in [4.69, 9.17) is 33.3 Å². The summed E-state index contributed by atoms with van der Waals surface area (Å²) >= 11 is 12.3. The number of nitrogens with zero attached hydrogens (tertiary/aromatic N) is 1. The summed E-state index contributed by atoms with van der Waals surface area (Å²) in [5, 5.41) is 0.211. The molecule has 3 aromatic carbocycles. The number of alkyl halides is 3. The van der Waals surface area contributed by atoms with Gasteiger partial charge in [0.1, 0.15) is 12.4 Å². The van der Waals surface area contributed by atoms with E-state index >= 15 is 0 Å². The Morgan fingerprint density at radius 2 is 1.83 bits per heavy atom. The highest BCUT2D eigenvalue weighted by Crippen LogP contribution is 2.39. The summed E-state index contributed by atoms with van der Waals surface area (Å²) < 4.78 is 64.6. The molecule has 186 valence electrons. The lowest BCUT2D eigenvalue weighted by Gasteiger charge is -2.16. The second-order valence-electron chi connectivity index (χ2n) is 7.46. The van der Waals surface area contributed by atoms with E-state index < -0.39 is 23.5 Å². The summed E-state index contributed by atoms with van der Waals surface area (Å²) in [7, 11) is 1.44. The second kappa shape index (κ2) is 10.5. The lowest BCUT2D eigenvalue weighted by Crippen LogP contribution is -2.27. The first-order valence-electron chi connectivity index (χ1n) is 10.3. The van der Waals surface area contributed by atoms with Gasteiger partial charge in [0.05, 0.1) is 28.3 Å². The zero-order valence-electron chi connectivity index (χ0n) is 18.4. The molecular formula is C25H16ClF4NO3S2. The van der Waals surface area contributed by atoms with Gasteiger partial charge in [-0.1, -0.05) is 53.8 Å². The zero-order chi connectivity index (χ0) is 26.0. The molecule has 0 atom stereocenters. The van der Waals surface area contributed by atoms with Crippen LogP contribution in [0.2, 0.25) is 5.02 Å². The molecule has 1 saturated heterocycles. The second-order valence-corrected chi connectivity index (χ2v) is 9.55. The summed E-state index contributed by atoms with van der Waals surface area (Å²) in [4.78, 5) is 14.3. The van der Waals surface area contributed by atoms with E-state index in [0.717, 1.165) is 28.8 Å². The number of halogens is 5. The average Bonchev–Trinajstić information content (AvgIpc) is 3.11. The van der Waals surface area contributed by atoms with Crippen LogP contribution in [-0.2, 0) is 17.6 Å². The molecule has 1 fully saturated rings. The minimum atomic E-state index is -4.56. The van der Waals surface area contributed by atoms with Crippen LogP contribution in [0, 0.1) is 5.82 Å². The van der Waals surface area contributed by atoms with Crippen molar-refractivity contribution >= 4 is 57.6 Å². The summed E-state index contributed by atoms with van der Waals surface area (Å²) in [5.74, 6) is -0.424. The van der Waals surface area contributed by atoms with Gasteiger partial charge in [-0.05, 0) is 54.1 Å². The molecule has 4 nitrogen and oxygen atoms in total. The molecule has 3 aromatic rings. The van der Waals surface area contributed by atoms with Crippen LogP contribution in [0.4, 0.5) is 23.2 Å². The van der Waals surface area contributed by atoms with Gasteiger partial charge >= 0.3 is 6.18 Å². The van der Waals surface area contributed by atoms with Crippen molar-refractivity contribution in [2.75, 3.05) is 12.0 Å². The van der Waals surface area contributed by atoms with E-state index in [9.17, 15) is 22.4 Å². The quantitative estimate of drug-likeness (QED) is 0.180. The van der Waals surface area contributed by atoms with E-state index in [1.165, 1.54) is 37.5 Å². The van der Waals surface area contributed by atoms with Crippen molar-refractivity contribution in [3.05, 3.63) is 93.1 Å². The maximum absolute atomic E-state index is 14.1. The van der Waals surface area contributed by atoms with Gasteiger partial charge in [-0.15, -0.1) is 0 Å². The first kappa shape index (κ1) is 26.0. The number of thioether (sulfide) groups is 1. The number of thiocarbonyl (C=S) groups is 1. The molecule has 0 aromatic heterocycles. The van der Waals surface area contributed by atoms with Crippen LogP contribution in [0.3, 0.4) is 0 Å². The fourth-order valence-corrected chi connectivity index (χ4v) is 4.90. The number of anilines is 1. The predicted octanol–water partition coefficient (Wildman–Crippen LogP) is 7.49. The van der Waals surface area contributed by atoms with Crippen molar-refractivity contribution in [3.63, 3.8) is 0 Å². The van der Waals surface area contributed by atoms with Crippen LogP contribution in [0.5, 0.6) is 11.5 Å². The van der Waals surface area contributed by atoms with Crippen molar-refractivity contribution in [2.45, 2.75) is 12.8 Å². The molecule has 36 heavy (non-hydrogen) atoms. The lowest BCUT2D eigenvalue weighted by molar-refractivity contribution is -0.137. The van der Waals surface area contributed by atoms with Crippen molar-refractivity contribution in [3.8, 4) is 11.5 Å². The number of amides is 1. The maximum atomic E-state index is 14.1. The van der Waals surface area contributed by atoms with Crippen LogP contribution in [0.15, 0.2) is 65.6 Å². The van der Waals surface area contributed by atoms with Gasteiger partial charge in [-0.2, -0.15) is 13.2 Å². The predicted molar refractivity (Wildman–Crippen MR) is 136 cm³/mol. The summed E-state index contributed by atoms with van der Waals surface area (Å²) in [6.45, 7) is -0.164. The molecule has 1 amide bonds. The number of benzene rings is 3. The summed E-state index contributed by atoms with van der Waals surface area (Å²) in [5.41, 5.74) is -0.148. The molecule has 0 saturated carbocycles. The molecule has 1 heterocycles. The number of ether oxygens (including phenoxy) is 2. The fourth-order valence-electron chi connectivity index (χ4n) is 3.38. The Balaban J connectivity index is 1.60. The average molecular weight is 554 g/mol. The normalized spacial score (nSPS) is 15.1. The topological polar surface area (TPSA) is 38.8 Å². The number of carbonyl (C=O) groups excluding carboxylic acids is 1. The third kappa shape index (κ3) is 5.50. The number of hydrogen-bond donors (Lipinski definition) is 0. The van der Waals surface area contributed by atoms with E-state index in [2.05, 4.69) is 0 Å². The molecule has 4 rings (SSSR count). The van der Waals surface area contributed by atoms with Crippen molar-refractivity contribution in [2.24, 2.45) is 0 Å². The van der Waals surface area contributed by atoms with Gasteiger partial charge in [0.2, 0.25) is 0 Å². The first-order chi connectivity index (χ1) is 17.1. The number of carbonyl (C=O) groups is 1. The molecule has 0 aliphatic carbocycles. The van der Waals surface area contributed by atoms with Gasteiger partial charge in [0, 0.05) is 5.56 Å². The largest absolute Gasteiger partial charge is 0.493 e. The Morgan fingerprint density at radius 1 is 1.08 bits per heavy atom. The molecule has 1 aliphatic heterocycles. The fraction of sp³-hybridized carbons (Fsp3) is 0.120. The first-order valence-corrected chi connectivity index (χ1v) is 11.9. The van der Waals surface area contributed by atoms with E-state index in [-0.39, 0.29) is 37.9 Å². The maximum Gasteiger partial charge on any atom is 0.416 e. The van der Waals surface area contributed by atoms with Gasteiger partial charge in [-0.25, -0.2) is 4.39 Å². The Morgan fingerprint density at radius 3 is 2.53 bits per heavy atom. The number of methoxy groups -OCH3 is 1. The number of hydrogen-bond acceptors (Lipinski definition) is 5. The highest BCUT2D eigenvalue weighted by Gasteiger charge is 2.36. The third-order valence-electron chi connectivity index (χ3n) is 5.14. The van der Waals surface area contributed by atoms with E-state index in [1.807, 2.05) is 0 Å². The molecule has 0 radical (unpaired) electrons. The summed E-state index contributed by atoms with van der Waals surface area (Å²) in [6.07, 6.45) is -3.02. The van der Waals surface area contributed by atoms with Crippen molar-refractivity contribution in [1.82, 2.24) is 0 Å². The zero-order valence-corrected chi connectivity index (χ0v) is 20.8. The molecule has 1 aliphatic rings. The monoisotopic (exact) mass is 553 g/mol. The van der Waals surface area contributed by atoms with Gasteiger partial charge < -0.3 is 9.47 Å². The Hall–Kier alpha value is -3.08. The van der Waals surface area contributed by atoms with Crippen LogP contribution < -0.4 is 14.4 Å². The molecular weight excluding hydrogens is 538 g/mol.